The Bertz CT molecular complexity index is 1160. The van der Waals surface area contributed by atoms with Gasteiger partial charge < -0.3 is 19.5 Å². The normalized spacial score (nSPS) is 21.4. The van der Waals surface area contributed by atoms with Crippen LogP contribution in [0.25, 0.3) is 11.0 Å². The van der Waals surface area contributed by atoms with Crippen LogP contribution in [0.3, 0.4) is 0 Å². The number of piperazine rings is 1. The molecule has 0 atom stereocenters. The minimum Gasteiger partial charge on any atom is -0.497 e. The van der Waals surface area contributed by atoms with Crippen molar-refractivity contribution in [3.8, 4) is 5.75 Å². The number of aromatic nitrogens is 3. The molecular weight excluding hydrogens is 418 g/mol. The van der Waals surface area contributed by atoms with Gasteiger partial charge in [0.2, 0.25) is 5.91 Å². The minimum atomic E-state index is -0.0801. The lowest BCUT2D eigenvalue weighted by Gasteiger charge is -2.38. The fourth-order valence-electron chi connectivity index (χ4n) is 5.29. The Balaban J connectivity index is 1.16. The number of imidazole rings is 1. The van der Waals surface area contributed by atoms with E-state index in [4.69, 9.17) is 4.74 Å². The average molecular weight is 450 g/mol. The summed E-state index contributed by atoms with van der Waals surface area (Å²) in [5.41, 5.74) is 2.80. The standard InChI is InChI=1S/C25H31N5O3/c1-33-21-6-7-22-23(16-21)30(25(32)27-22)17-18-2-4-19(5-3-18)24(31)29-14-12-28(13-15-29)20-8-10-26-11-9-20/h6-11,16,18-19H,2-5,12-15,17H2,1H3,(H,27,32). The average Bonchev–Trinajstić information content (AvgIpc) is 3.18. The second-order valence-electron chi connectivity index (χ2n) is 9.16. The van der Waals surface area contributed by atoms with Gasteiger partial charge in [0, 0.05) is 62.8 Å². The summed E-state index contributed by atoms with van der Waals surface area (Å²) in [6.07, 6.45) is 7.36. The number of aromatic amines is 1. The number of carbonyl (C=O) groups excluding carboxylic acids is 1. The Hall–Kier alpha value is -3.29. The number of nitrogens with zero attached hydrogens (tertiary/aromatic N) is 4. The number of amides is 1. The van der Waals surface area contributed by atoms with Crippen molar-refractivity contribution in [1.29, 1.82) is 0 Å². The van der Waals surface area contributed by atoms with Gasteiger partial charge in [0.25, 0.3) is 0 Å². The zero-order valence-corrected chi connectivity index (χ0v) is 19.1. The number of carbonyl (C=O) groups is 1. The maximum absolute atomic E-state index is 13.1. The number of methoxy groups -OCH3 is 1. The number of H-pyrrole nitrogens is 1. The second kappa shape index (κ2) is 9.29. The van der Waals surface area contributed by atoms with E-state index in [0.29, 0.717) is 18.4 Å². The number of fused-ring (bicyclic) bond motifs is 1. The lowest BCUT2D eigenvalue weighted by atomic mass is 9.81. The first-order chi connectivity index (χ1) is 16.1. The fraction of sp³-hybridized carbons (Fsp3) is 0.480. The van der Waals surface area contributed by atoms with Crippen LogP contribution < -0.4 is 15.3 Å². The third-order valence-electron chi connectivity index (χ3n) is 7.24. The van der Waals surface area contributed by atoms with E-state index < -0.39 is 0 Å². The molecule has 8 heteroatoms. The molecule has 33 heavy (non-hydrogen) atoms. The van der Waals surface area contributed by atoms with Crippen LogP contribution in [0.15, 0.2) is 47.5 Å². The number of anilines is 1. The van der Waals surface area contributed by atoms with Crippen molar-refractivity contribution in [3.63, 3.8) is 0 Å². The maximum atomic E-state index is 13.1. The molecule has 2 aromatic heterocycles. The maximum Gasteiger partial charge on any atom is 0.326 e. The topological polar surface area (TPSA) is 83.5 Å². The highest BCUT2D eigenvalue weighted by atomic mass is 16.5. The molecule has 1 saturated heterocycles. The van der Waals surface area contributed by atoms with E-state index in [-0.39, 0.29) is 11.6 Å². The molecule has 1 amide bonds. The number of pyridine rings is 1. The van der Waals surface area contributed by atoms with Crippen molar-refractivity contribution in [2.75, 3.05) is 38.2 Å². The minimum absolute atomic E-state index is 0.0801. The van der Waals surface area contributed by atoms with Crippen molar-refractivity contribution in [2.45, 2.75) is 32.2 Å². The zero-order chi connectivity index (χ0) is 22.8. The number of ether oxygens (including phenoxy) is 1. The highest BCUT2D eigenvalue weighted by molar-refractivity contribution is 5.79. The lowest BCUT2D eigenvalue weighted by Crippen LogP contribution is -2.50. The smallest absolute Gasteiger partial charge is 0.326 e. The molecule has 0 unspecified atom stereocenters. The Morgan fingerprint density at radius 3 is 2.48 bits per heavy atom. The molecule has 3 aromatic rings. The molecule has 5 rings (SSSR count). The van der Waals surface area contributed by atoms with Crippen molar-refractivity contribution in [2.24, 2.45) is 11.8 Å². The Morgan fingerprint density at radius 1 is 1.06 bits per heavy atom. The van der Waals surface area contributed by atoms with Gasteiger partial charge in [-0.25, -0.2) is 4.79 Å². The molecule has 8 nitrogen and oxygen atoms in total. The summed E-state index contributed by atoms with van der Waals surface area (Å²) in [6.45, 7) is 3.94. The number of nitrogens with one attached hydrogen (secondary N) is 1. The summed E-state index contributed by atoms with van der Waals surface area (Å²) in [5, 5.41) is 0. The molecule has 0 radical (unpaired) electrons. The third kappa shape index (κ3) is 4.47. The predicted molar refractivity (Wildman–Crippen MR) is 128 cm³/mol. The molecule has 3 heterocycles. The highest BCUT2D eigenvalue weighted by Gasteiger charge is 2.31. The highest BCUT2D eigenvalue weighted by Crippen LogP contribution is 2.32. The van der Waals surface area contributed by atoms with Gasteiger partial charge in [-0.3, -0.25) is 14.3 Å². The Labute approximate surface area is 193 Å². The van der Waals surface area contributed by atoms with E-state index in [1.54, 1.807) is 7.11 Å². The summed E-state index contributed by atoms with van der Waals surface area (Å²) in [7, 11) is 1.63. The molecule has 1 aromatic carbocycles. The first-order valence-corrected chi connectivity index (χ1v) is 11.8. The molecule has 2 fully saturated rings. The molecule has 1 N–H and O–H groups in total. The van der Waals surface area contributed by atoms with Gasteiger partial charge in [-0.1, -0.05) is 0 Å². The summed E-state index contributed by atoms with van der Waals surface area (Å²) in [6, 6.07) is 9.70. The van der Waals surface area contributed by atoms with Gasteiger partial charge >= 0.3 is 5.69 Å². The van der Waals surface area contributed by atoms with Gasteiger partial charge in [-0.2, -0.15) is 0 Å². The van der Waals surface area contributed by atoms with E-state index in [9.17, 15) is 9.59 Å². The van der Waals surface area contributed by atoms with Crippen molar-refractivity contribution < 1.29 is 9.53 Å². The molecule has 1 aliphatic heterocycles. The monoisotopic (exact) mass is 449 g/mol. The summed E-state index contributed by atoms with van der Waals surface area (Å²) >= 11 is 0. The van der Waals surface area contributed by atoms with E-state index >= 15 is 0 Å². The zero-order valence-electron chi connectivity index (χ0n) is 19.1. The van der Waals surface area contributed by atoms with Crippen LogP contribution in [0.5, 0.6) is 5.75 Å². The van der Waals surface area contributed by atoms with Crippen molar-refractivity contribution in [1.82, 2.24) is 19.4 Å². The van der Waals surface area contributed by atoms with Crippen LogP contribution in [0.1, 0.15) is 25.7 Å². The van der Waals surface area contributed by atoms with Crippen LogP contribution in [-0.4, -0.2) is 58.6 Å². The molecular formula is C25H31N5O3. The van der Waals surface area contributed by atoms with Gasteiger partial charge in [0.15, 0.2) is 0 Å². The van der Waals surface area contributed by atoms with E-state index in [0.717, 1.165) is 68.6 Å². The Morgan fingerprint density at radius 2 is 1.79 bits per heavy atom. The second-order valence-corrected chi connectivity index (χ2v) is 9.16. The summed E-state index contributed by atoms with van der Waals surface area (Å²) < 4.78 is 7.15. The van der Waals surface area contributed by atoms with Crippen molar-refractivity contribution in [3.05, 3.63) is 53.2 Å². The first-order valence-electron chi connectivity index (χ1n) is 11.8. The van der Waals surface area contributed by atoms with E-state index in [2.05, 4.69) is 14.9 Å². The summed E-state index contributed by atoms with van der Waals surface area (Å²) in [5.74, 6) is 1.56. The fourth-order valence-corrected chi connectivity index (χ4v) is 5.29. The van der Waals surface area contributed by atoms with E-state index in [1.807, 2.05) is 52.2 Å². The number of hydrogen-bond donors (Lipinski definition) is 1. The number of hydrogen-bond acceptors (Lipinski definition) is 5. The third-order valence-corrected chi connectivity index (χ3v) is 7.24. The Kier molecular flexibility index (Phi) is 6.07. The van der Waals surface area contributed by atoms with Crippen LogP contribution >= 0.6 is 0 Å². The quantitative estimate of drug-likeness (QED) is 0.648. The van der Waals surface area contributed by atoms with Gasteiger partial charge in [0.05, 0.1) is 18.1 Å². The van der Waals surface area contributed by atoms with Crippen LogP contribution in [0.2, 0.25) is 0 Å². The molecule has 0 spiro atoms. The van der Waals surface area contributed by atoms with Crippen LogP contribution in [0, 0.1) is 11.8 Å². The van der Waals surface area contributed by atoms with Gasteiger partial charge in [-0.15, -0.1) is 0 Å². The lowest BCUT2D eigenvalue weighted by molar-refractivity contribution is -0.137. The van der Waals surface area contributed by atoms with Crippen LogP contribution in [0.4, 0.5) is 5.69 Å². The first kappa shape index (κ1) is 21.6. The number of benzene rings is 1. The molecule has 1 saturated carbocycles. The SMILES string of the molecule is COc1ccc2[nH]c(=O)n(CC3CCC(C(=O)N4CCN(c5ccncc5)CC4)CC3)c2c1. The van der Waals surface area contributed by atoms with Crippen molar-refractivity contribution >= 4 is 22.6 Å². The molecule has 1 aliphatic carbocycles. The van der Waals surface area contributed by atoms with Gasteiger partial charge in [-0.05, 0) is 55.9 Å². The predicted octanol–water partition coefficient (Wildman–Crippen LogP) is 2.89. The molecule has 2 aliphatic rings. The number of rotatable bonds is 5. The molecule has 0 bridgehead atoms. The molecule has 174 valence electrons. The van der Waals surface area contributed by atoms with E-state index in [1.165, 1.54) is 5.69 Å². The largest absolute Gasteiger partial charge is 0.497 e. The summed E-state index contributed by atoms with van der Waals surface area (Å²) in [4.78, 5) is 37.0. The van der Waals surface area contributed by atoms with Crippen LogP contribution in [-0.2, 0) is 11.3 Å². The van der Waals surface area contributed by atoms with Gasteiger partial charge in [0.1, 0.15) is 5.75 Å².